The summed E-state index contributed by atoms with van der Waals surface area (Å²) in [6.07, 6.45) is -7.29. The Balaban J connectivity index is 2.73. The van der Waals surface area contributed by atoms with Gasteiger partial charge in [-0.05, 0) is 26.3 Å². The van der Waals surface area contributed by atoms with Crippen LogP contribution in [0.3, 0.4) is 0 Å². The average Bonchev–Trinajstić information content (AvgIpc) is 2.34. The van der Waals surface area contributed by atoms with Gasteiger partial charge in [0, 0.05) is 0 Å². The lowest BCUT2D eigenvalue weighted by molar-refractivity contribution is -0.202. The third-order valence-electron chi connectivity index (χ3n) is 3.17. The molecule has 20 heavy (non-hydrogen) atoms. The molecule has 0 saturated carbocycles. The van der Waals surface area contributed by atoms with Crippen LogP contribution in [0.4, 0.5) is 13.2 Å². The molecule has 6 heteroatoms. The number of carbonyl (C=O) groups excluding carboxylic acids is 1. The summed E-state index contributed by atoms with van der Waals surface area (Å²) in [7, 11) is 0. The molecule has 0 radical (unpaired) electrons. The molecule has 0 heterocycles. The van der Waals surface area contributed by atoms with E-state index in [2.05, 4.69) is 5.32 Å². The SMILES string of the molecule is Cc1ccc(C(C)(C)C(=O)NC[C@H](O)C(F)(F)F)cc1. The van der Waals surface area contributed by atoms with Crippen molar-refractivity contribution in [2.24, 2.45) is 0 Å². The van der Waals surface area contributed by atoms with Gasteiger partial charge in [0.25, 0.3) is 0 Å². The Kier molecular flexibility index (Phi) is 4.81. The van der Waals surface area contributed by atoms with E-state index in [-0.39, 0.29) is 0 Å². The van der Waals surface area contributed by atoms with Crippen molar-refractivity contribution in [3.05, 3.63) is 35.4 Å². The van der Waals surface area contributed by atoms with E-state index in [4.69, 9.17) is 5.11 Å². The molecule has 0 aliphatic rings. The molecule has 0 aliphatic carbocycles. The maximum Gasteiger partial charge on any atom is 0.416 e. The zero-order valence-electron chi connectivity index (χ0n) is 11.6. The van der Waals surface area contributed by atoms with Gasteiger partial charge in [0.05, 0.1) is 12.0 Å². The first-order valence-electron chi connectivity index (χ1n) is 6.15. The Morgan fingerprint density at radius 2 is 1.75 bits per heavy atom. The molecule has 2 N–H and O–H groups in total. The quantitative estimate of drug-likeness (QED) is 0.893. The number of benzene rings is 1. The number of nitrogens with one attached hydrogen (secondary N) is 1. The van der Waals surface area contributed by atoms with E-state index in [1.165, 1.54) is 0 Å². The summed E-state index contributed by atoms with van der Waals surface area (Å²) in [4.78, 5) is 12.0. The normalized spacial score (nSPS) is 13.9. The molecular formula is C14H18F3NO2. The predicted molar refractivity (Wildman–Crippen MR) is 69.3 cm³/mol. The van der Waals surface area contributed by atoms with Gasteiger partial charge in [0.15, 0.2) is 6.10 Å². The molecule has 1 aromatic rings. The van der Waals surface area contributed by atoms with Crippen LogP contribution in [0.2, 0.25) is 0 Å². The van der Waals surface area contributed by atoms with Crippen molar-refractivity contribution in [3.8, 4) is 0 Å². The van der Waals surface area contributed by atoms with Crippen molar-refractivity contribution < 1.29 is 23.1 Å². The summed E-state index contributed by atoms with van der Waals surface area (Å²) >= 11 is 0. The lowest BCUT2D eigenvalue weighted by atomic mass is 9.83. The summed E-state index contributed by atoms with van der Waals surface area (Å²) in [5, 5.41) is 11.0. The number of aryl methyl sites for hydroxylation is 1. The first-order chi connectivity index (χ1) is 9.05. The number of hydrogen-bond acceptors (Lipinski definition) is 2. The molecule has 0 fully saturated rings. The van der Waals surface area contributed by atoms with Crippen LogP contribution in [0.5, 0.6) is 0 Å². The second kappa shape index (κ2) is 5.83. The van der Waals surface area contributed by atoms with Crippen LogP contribution in [0.25, 0.3) is 0 Å². The Morgan fingerprint density at radius 3 is 2.20 bits per heavy atom. The molecule has 112 valence electrons. The Bertz CT molecular complexity index is 466. The maximum atomic E-state index is 12.2. The van der Waals surface area contributed by atoms with E-state index in [0.29, 0.717) is 5.56 Å². The van der Waals surface area contributed by atoms with E-state index in [1.807, 2.05) is 19.1 Å². The van der Waals surface area contributed by atoms with Crippen molar-refractivity contribution in [1.29, 1.82) is 0 Å². The molecule has 0 unspecified atom stereocenters. The van der Waals surface area contributed by atoms with Gasteiger partial charge in [-0.3, -0.25) is 4.79 Å². The fourth-order valence-electron chi connectivity index (χ4n) is 1.63. The zero-order chi connectivity index (χ0) is 15.6. The number of rotatable bonds is 4. The molecule has 0 spiro atoms. The van der Waals surface area contributed by atoms with Crippen molar-refractivity contribution in [2.75, 3.05) is 6.54 Å². The molecule has 0 aliphatic heterocycles. The van der Waals surface area contributed by atoms with Gasteiger partial charge in [-0.1, -0.05) is 29.8 Å². The highest BCUT2D eigenvalue weighted by molar-refractivity contribution is 5.87. The highest BCUT2D eigenvalue weighted by Gasteiger charge is 2.39. The second-order valence-corrected chi connectivity index (χ2v) is 5.26. The Morgan fingerprint density at radius 1 is 1.25 bits per heavy atom. The van der Waals surface area contributed by atoms with Gasteiger partial charge in [0.1, 0.15) is 0 Å². The Hall–Kier alpha value is -1.56. The minimum atomic E-state index is -4.73. The zero-order valence-corrected chi connectivity index (χ0v) is 11.6. The summed E-state index contributed by atoms with van der Waals surface area (Å²) < 4.78 is 36.5. The number of amides is 1. The number of alkyl halides is 3. The Labute approximate surface area is 115 Å². The molecule has 1 amide bonds. The van der Waals surface area contributed by atoms with Crippen molar-refractivity contribution in [2.45, 2.75) is 38.5 Å². The summed E-state index contributed by atoms with van der Waals surface area (Å²) in [5.74, 6) is -0.565. The summed E-state index contributed by atoms with van der Waals surface area (Å²) in [5.41, 5.74) is 0.749. The number of aliphatic hydroxyl groups excluding tert-OH is 1. The molecule has 0 bridgehead atoms. The predicted octanol–water partition coefficient (Wildman–Crippen LogP) is 2.31. The van der Waals surface area contributed by atoms with Crippen LogP contribution in [-0.4, -0.2) is 29.8 Å². The highest BCUT2D eigenvalue weighted by Crippen LogP contribution is 2.24. The van der Waals surface area contributed by atoms with Crippen LogP contribution in [-0.2, 0) is 10.2 Å². The van der Waals surface area contributed by atoms with Crippen molar-refractivity contribution in [3.63, 3.8) is 0 Å². The molecule has 0 saturated heterocycles. The van der Waals surface area contributed by atoms with Gasteiger partial charge in [-0.25, -0.2) is 0 Å². The van der Waals surface area contributed by atoms with Crippen LogP contribution in [0, 0.1) is 6.92 Å². The standard InChI is InChI=1S/C14H18F3NO2/c1-9-4-6-10(7-5-9)13(2,3)12(20)18-8-11(19)14(15,16)17/h4-7,11,19H,8H2,1-3H3,(H,18,20)/t11-/m0/s1. The van der Waals surface area contributed by atoms with E-state index < -0.39 is 30.1 Å². The minimum Gasteiger partial charge on any atom is -0.382 e. The van der Waals surface area contributed by atoms with Crippen LogP contribution in [0.15, 0.2) is 24.3 Å². The molecule has 1 rings (SSSR count). The van der Waals surface area contributed by atoms with E-state index in [1.54, 1.807) is 26.0 Å². The summed E-state index contributed by atoms with van der Waals surface area (Å²) in [6, 6.07) is 7.17. The van der Waals surface area contributed by atoms with Crippen LogP contribution < -0.4 is 5.32 Å². The third kappa shape index (κ3) is 3.96. The van der Waals surface area contributed by atoms with Gasteiger partial charge in [-0.2, -0.15) is 13.2 Å². The highest BCUT2D eigenvalue weighted by atomic mass is 19.4. The molecular weight excluding hydrogens is 271 g/mol. The topological polar surface area (TPSA) is 49.3 Å². The van der Waals surface area contributed by atoms with E-state index in [9.17, 15) is 18.0 Å². The van der Waals surface area contributed by atoms with Gasteiger partial charge in [-0.15, -0.1) is 0 Å². The number of carbonyl (C=O) groups is 1. The number of aliphatic hydroxyl groups is 1. The van der Waals surface area contributed by atoms with Crippen molar-refractivity contribution >= 4 is 5.91 Å². The largest absolute Gasteiger partial charge is 0.416 e. The monoisotopic (exact) mass is 289 g/mol. The van der Waals surface area contributed by atoms with E-state index >= 15 is 0 Å². The van der Waals surface area contributed by atoms with Crippen molar-refractivity contribution in [1.82, 2.24) is 5.32 Å². The van der Waals surface area contributed by atoms with Crippen LogP contribution >= 0.6 is 0 Å². The lowest BCUT2D eigenvalue weighted by Gasteiger charge is -2.25. The second-order valence-electron chi connectivity index (χ2n) is 5.26. The van der Waals surface area contributed by atoms with E-state index in [0.717, 1.165) is 5.56 Å². The minimum absolute atomic E-state index is 0.565. The fourth-order valence-corrected chi connectivity index (χ4v) is 1.63. The third-order valence-corrected chi connectivity index (χ3v) is 3.17. The first kappa shape index (κ1) is 16.5. The van der Waals surface area contributed by atoms with Gasteiger partial charge < -0.3 is 10.4 Å². The lowest BCUT2D eigenvalue weighted by Crippen LogP contribution is -2.46. The molecule has 1 atom stereocenters. The summed E-state index contributed by atoms with van der Waals surface area (Å²) in [6.45, 7) is 4.29. The molecule has 0 aromatic heterocycles. The number of hydrogen-bond donors (Lipinski definition) is 2. The smallest absolute Gasteiger partial charge is 0.382 e. The van der Waals surface area contributed by atoms with Gasteiger partial charge in [0.2, 0.25) is 5.91 Å². The fraction of sp³-hybridized carbons (Fsp3) is 0.500. The maximum absolute atomic E-state index is 12.2. The molecule has 1 aromatic carbocycles. The molecule has 3 nitrogen and oxygen atoms in total. The average molecular weight is 289 g/mol. The first-order valence-corrected chi connectivity index (χ1v) is 6.15. The number of halogens is 3. The van der Waals surface area contributed by atoms with Crippen LogP contribution in [0.1, 0.15) is 25.0 Å². The van der Waals surface area contributed by atoms with Gasteiger partial charge >= 0.3 is 6.18 Å².